The molecule has 1 aliphatic rings. The third-order valence-electron chi connectivity index (χ3n) is 5.26. The highest BCUT2D eigenvalue weighted by atomic mass is 16.5. The first-order chi connectivity index (χ1) is 11.6. The molecule has 1 atom stereocenters. The van der Waals surface area contributed by atoms with E-state index in [9.17, 15) is 0 Å². The Morgan fingerprint density at radius 1 is 1.04 bits per heavy atom. The van der Waals surface area contributed by atoms with E-state index in [1.807, 2.05) is 6.07 Å². The highest BCUT2D eigenvalue weighted by molar-refractivity contribution is 5.57. The molecule has 0 bridgehead atoms. The van der Waals surface area contributed by atoms with Gasteiger partial charge in [-0.05, 0) is 58.3 Å². The third kappa shape index (κ3) is 3.78. The predicted octanol–water partition coefficient (Wildman–Crippen LogP) is 2.88. The Kier molecular flexibility index (Phi) is 6.75. The fraction of sp³-hybridized carbons (Fsp3) is 0.684. The van der Waals surface area contributed by atoms with Crippen molar-refractivity contribution in [2.75, 3.05) is 41.0 Å². The summed E-state index contributed by atoms with van der Waals surface area (Å²) in [6.45, 7) is 7.40. The van der Waals surface area contributed by atoms with Crippen LogP contribution in [0.25, 0.3) is 0 Å². The molecule has 0 amide bonds. The quantitative estimate of drug-likeness (QED) is 0.830. The van der Waals surface area contributed by atoms with Gasteiger partial charge in [0, 0.05) is 17.5 Å². The van der Waals surface area contributed by atoms with Crippen LogP contribution < -0.4 is 19.9 Å². The van der Waals surface area contributed by atoms with Gasteiger partial charge in [-0.15, -0.1) is 0 Å². The van der Waals surface area contributed by atoms with Gasteiger partial charge in [-0.2, -0.15) is 0 Å². The molecule has 5 nitrogen and oxygen atoms in total. The van der Waals surface area contributed by atoms with Gasteiger partial charge >= 0.3 is 0 Å². The number of hydrogen-bond donors (Lipinski definition) is 1. The molecule has 1 aliphatic heterocycles. The molecular formula is C19H32N2O3. The summed E-state index contributed by atoms with van der Waals surface area (Å²) in [6.07, 6.45) is 2.33. The lowest BCUT2D eigenvalue weighted by Crippen LogP contribution is -2.40. The Labute approximate surface area is 146 Å². The smallest absolute Gasteiger partial charge is 0.203 e. The van der Waals surface area contributed by atoms with E-state index in [2.05, 4.69) is 24.8 Å². The molecule has 0 aromatic heterocycles. The standard InChI is InChI=1S/C19H32N2O3/c1-13(2)21-10-8-14(9-11-21)16(12-20)15-6-7-17(22-3)19(24-5)18(15)23-4/h6-7,13-14,16H,8-12,20H2,1-5H3. The summed E-state index contributed by atoms with van der Waals surface area (Å²) >= 11 is 0. The van der Waals surface area contributed by atoms with E-state index in [0.717, 1.165) is 37.2 Å². The van der Waals surface area contributed by atoms with Crippen molar-refractivity contribution < 1.29 is 14.2 Å². The molecule has 0 radical (unpaired) electrons. The van der Waals surface area contributed by atoms with Crippen LogP contribution in [0.4, 0.5) is 0 Å². The Morgan fingerprint density at radius 2 is 1.67 bits per heavy atom. The second-order valence-electron chi connectivity index (χ2n) is 6.73. The molecule has 24 heavy (non-hydrogen) atoms. The Bertz CT molecular complexity index is 526. The van der Waals surface area contributed by atoms with Gasteiger partial charge in [-0.25, -0.2) is 0 Å². The fourth-order valence-corrected chi connectivity index (χ4v) is 3.83. The molecule has 0 saturated carbocycles. The molecule has 1 fully saturated rings. The number of likely N-dealkylation sites (tertiary alicyclic amines) is 1. The van der Waals surface area contributed by atoms with Crippen molar-refractivity contribution in [2.45, 2.75) is 38.6 Å². The zero-order valence-corrected chi connectivity index (χ0v) is 15.7. The summed E-state index contributed by atoms with van der Waals surface area (Å²) < 4.78 is 16.6. The van der Waals surface area contributed by atoms with Crippen molar-refractivity contribution in [1.82, 2.24) is 4.90 Å². The number of methoxy groups -OCH3 is 3. The van der Waals surface area contributed by atoms with Gasteiger partial charge < -0.3 is 24.8 Å². The SMILES string of the molecule is COc1ccc(C(CN)C2CCN(C(C)C)CC2)c(OC)c1OC. The summed E-state index contributed by atoms with van der Waals surface area (Å²) in [4.78, 5) is 2.54. The number of rotatable bonds is 7. The average Bonchev–Trinajstić information content (AvgIpc) is 2.62. The largest absolute Gasteiger partial charge is 0.493 e. The van der Waals surface area contributed by atoms with Crippen LogP contribution in [0.15, 0.2) is 12.1 Å². The Balaban J connectivity index is 2.28. The lowest BCUT2D eigenvalue weighted by molar-refractivity contribution is 0.137. The van der Waals surface area contributed by atoms with Crippen LogP contribution in [0.3, 0.4) is 0 Å². The number of hydrogen-bond acceptors (Lipinski definition) is 5. The summed E-state index contributed by atoms with van der Waals surface area (Å²) in [5.74, 6) is 2.92. The minimum atomic E-state index is 0.272. The second-order valence-corrected chi connectivity index (χ2v) is 6.73. The van der Waals surface area contributed by atoms with Crippen LogP contribution in [0, 0.1) is 5.92 Å². The lowest BCUT2D eigenvalue weighted by atomic mass is 9.79. The number of nitrogens with zero attached hydrogens (tertiary/aromatic N) is 1. The van der Waals surface area contributed by atoms with Crippen LogP contribution in [0.2, 0.25) is 0 Å². The van der Waals surface area contributed by atoms with Crippen molar-refractivity contribution in [3.63, 3.8) is 0 Å². The lowest BCUT2D eigenvalue weighted by Gasteiger charge is -2.38. The van der Waals surface area contributed by atoms with Gasteiger partial charge in [0.25, 0.3) is 0 Å². The summed E-state index contributed by atoms with van der Waals surface area (Å²) in [7, 11) is 4.96. The summed E-state index contributed by atoms with van der Waals surface area (Å²) in [6, 6.07) is 4.63. The maximum absolute atomic E-state index is 6.17. The topological polar surface area (TPSA) is 57.0 Å². The highest BCUT2D eigenvalue weighted by Crippen LogP contribution is 2.45. The van der Waals surface area contributed by atoms with Gasteiger partial charge in [-0.3, -0.25) is 0 Å². The minimum Gasteiger partial charge on any atom is -0.493 e. The number of benzene rings is 1. The van der Waals surface area contributed by atoms with Crippen LogP contribution in [-0.2, 0) is 0 Å². The minimum absolute atomic E-state index is 0.272. The van der Waals surface area contributed by atoms with Crippen LogP contribution in [0.5, 0.6) is 17.2 Å². The van der Waals surface area contributed by atoms with E-state index in [0.29, 0.717) is 30.0 Å². The molecule has 0 spiro atoms. The van der Waals surface area contributed by atoms with E-state index in [-0.39, 0.29) is 5.92 Å². The van der Waals surface area contributed by atoms with Gasteiger partial charge in [-0.1, -0.05) is 6.07 Å². The molecule has 136 valence electrons. The molecule has 1 unspecified atom stereocenters. The van der Waals surface area contributed by atoms with Gasteiger partial charge in [0.05, 0.1) is 21.3 Å². The van der Waals surface area contributed by atoms with E-state index in [1.165, 1.54) is 0 Å². The van der Waals surface area contributed by atoms with Gasteiger partial charge in [0.1, 0.15) is 0 Å². The number of piperidine rings is 1. The second kappa shape index (κ2) is 8.58. The average molecular weight is 336 g/mol. The molecule has 0 aliphatic carbocycles. The normalized spacial score (nSPS) is 17.8. The van der Waals surface area contributed by atoms with Crippen molar-refractivity contribution >= 4 is 0 Å². The maximum atomic E-state index is 6.17. The van der Waals surface area contributed by atoms with Crippen LogP contribution in [-0.4, -0.2) is 51.9 Å². The first kappa shape index (κ1) is 18.9. The van der Waals surface area contributed by atoms with Crippen molar-refractivity contribution in [2.24, 2.45) is 11.7 Å². The van der Waals surface area contributed by atoms with Crippen LogP contribution in [0.1, 0.15) is 38.2 Å². The number of ether oxygens (including phenoxy) is 3. The van der Waals surface area contributed by atoms with E-state index >= 15 is 0 Å². The first-order valence-corrected chi connectivity index (χ1v) is 8.80. The monoisotopic (exact) mass is 336 g/mol. The summed E-state index contributed by atoms with van der Waals surface area (Å²) in [5.41, 5.74) is 7.30. The zero-order chi connectivity index (χ0) is 17.7. The molecule has 1 aromatic rings. The molecule has 5 heteroatoms. The zero-order valence-electron chi connectivity index (χ0n) is 15.7. The van der Waals surface area contributed by atoms with Crippen molar-refractivity contribution in [3.05, 3.63) is 17.7 Å². The van der Waals surface area contributed by atoms with E-state index < -0.39 is 0 Å². The van der Waals surface area contributed by atoms with E-state index in [1.54, 1.807) is 21.3 Å². The Morgan fingerprint density at radius 3 is 2.12 bits per heavy atom. The molecule has 2 N–H and O–H groups in total. The molecule has 1 heterocycles. The third-order valence-corrected chi connectivity index (χ3v) is 5.26. The predicted molar refractivity (Wildman–Crippen MR) is 97.3 cm³/mol. The molecule has 2 rings (SSSR count). The van der Waals surface area contributed by atoms with Gasteiger partial charge in [0.2, 0.25) is 5.75 Å². The molecular weight excluding hydrogens is 304 g/mol. The maximum Gasteiger partial charge on any atom is 0.203 e. The highest BCUT2D eigenvalue weighted by Gasteiger charge is 2.31. The van der Waals surface area contributed by atoms with Crippen molar-refractivity contribution in [1.29, 1.82) is 0 Å². The summed E-state index contributed by atoms with van der Waals surface area (Å²) in [5, 5.41) is 0. The molecule has 1 saturated heterocycles. The fourth-order valence-electron chi connectivity index (χ4n) is 3.83. The Hall–Kier alpha value is -1.46. The van der Waals surface area contributed by atoms with E-state index in [4.69, 9.17) is 19.9 Å². The van der Waals surface area contributed by atoms with Gasteiger partial charge in [0.15, 0.2) is 11.5 Å². The van der Waals surface area contributed by atoms with Crippen molar-refractivity contribution in [3.8, 4) is 17.2 Å². The molecule has 1 aromatic carbocycles. The number of nitrogens with two attached hydrogens (primary N) is 1. The van der Waals surface area contributed by atoms with Crippen LogP contribution >= 0.6 is 0 Å². The first-order valence-electron chi connectivity index (χ1n) is 8.80.